The number of carboxylic acid groups (broad SMARTS) is 1. The summed E-state index contributed by atoms with van der Waals surface area (Å²) in [6.07, 6.45) is 0.977. The predicted molar refractivity (Wildman–Crippen MR) is 102 cm³/mol. The van der Waals surface area contributed by atoms with Gasteiger partial charge in [-0.3, -0.25) is 4.79 Å². The van der Waals surface area contributed by atoms with Gasteiger partial charge in [0.05, 0.1) is 0 Å². The third-order valence-corrected chi connectivity index (χ3v) is 3.93. The van der Waals surface area contributed by atoms with E-state index in [0.29, 0.717) is 18.8 Å². The lowest BCUT2D eigenvalue weighted by Gasteiger charge is -2.19. The number of aromatic nitrogens is 1. The number of benzene rings is 1. The highest BCUT2D eigenvalue weighted by atomic mass is 16.6. The topological polar surface area (TPSA) is 130 Å². The van der Waals surface area contributed by atoms with Crippen LogP contribution in [0.5, 0.6) is 5.75 Å². The molecule has 1 amide bonds. The fraction of sp³-hybridized carbons (Fsp3) is 0.421. The van der Waals surface area contributed by atoms with E-state index in [2.05, 4.69) is 15.6 Å². The first-order valence-corrected chi connectivity index (χ1v) is 8.99. The van der Waals surface area contributed by atoms with Crippen molar-refractivity contribution in [2.24, 2.45) is 5.92 Å². The number of amides is 1. The highest BCUT2D eigenvalue weighted by molar-refractivity contribution is 6.28. The lowest BCUT2D eigenvalue weighted by Crippen LogP contribution is -2.40. The zero-order chi connectivity index (χ0) is 20.5. The van der Waals surface area contributed by atoms with Crippen LogP contribution in [0.2, 0.25) is 0 Å². The molecule has 0 radical (unpaired) electrons. The Labute approximate surface area is 162 Å². The highest BCUT2D eigenvalue weighted by Crippen LogP contribution is 2.24. The minimum absolute atomic E-state index is 0.0192. The van der Waals surface area contributed by atoms with Gasteiger partial charge < -0.3 is 30.2 Å². The van der Waals surface area contributed by atoms with E-state index >= 15 is 0 Å². The van der Waals surface area contributed by atoms with Crippen molar-refractivity contribution >= 4 is 28.7 Å². The predicted octanol–water partition coefficient (Wildman–Crippen LogP) is 0.905. The summed E-state index contributed by atoms with van der Waals surface area (Å²) < 4.78 is 10.7. The molecule has 1 heterocycles. The summed E-state index contributed by atoms with van der Waals surface area (Å²) in [5, 5.41) is 15.4. The number of fused-ring (bicyclic) bond motifs is 1. The Balaban J connectivity index is 1.88. The average Bonchev–Trinajstić information content (AvgIpc) is 3.14. The van der Waals surface area contributed by atoms with Crippen molar-refractivity contribution in [2.75, 3.05) is 26.2 Å². The van der Waals surface area contributed by atoms with Crippen LogP contribution < -0.4 is 15.4 Å². The molecule has 0 bridgehead atoms. The minimum Gasteiger partial charge on any atom is -0.489 e. The number of H-pyrrole nitrogens is 1. The van der Waals surface area contributed by atoms with Crippen LogP contribution >= 0.6 is 0 Å². The lowest BCUT2D eigenvalue weighted by molar-refractivity contribution is -0.168. The molecule has 28 heavy (non-hydrogen) atoms. The Morgan fingerprint density at radius 3 is 2.68 bits per heavy atom. The van der Waals surface area contributed by atoms with Gasteiger partial charge in [0, 0.05) is 42.7 Å². The average molecular weight is 391 g/mol. The van der Waals surface area contributed by atoms with Crippen molar-refractivity contribution < 1.29 is 29.0 Å². The van der Waals surface area contributed by atoms with Gasteiger partial charge in [0.25, 0.3) is 0 Å². The van der Waals surface area contributed by atoms with Crippen LogP contribution in [-0.4, -0.2) is 60.3 Å². The number of carbonyl (C=O) groups excluding carboxylic acids is 2. The number of hydrogen-bond donors (Lipinski definition) is 4. The SMILES string of the molecule is CC(C)C(=O)NCCNCC(COc1cccc2[nH]ccc12)OC(=O)C(=O)O. The van der Waals surface area contributed by atoms with Crippen molar-refractivity contribution in [3.8, 4) is 5.75 Å². The standard InChI is InChI=1S/C19H25N3O6/c1-12(2)17(23)22-9-8-20-10-13(28-19(26)18(24)25)11-27-16-5-3-4-15-14(16)6-7-21-15/h3-7,12-13,20-21H,8-11H2,1-2H3,(H,22,23)(H,24,25). The second-order valence-electron chi connectivity index (χ2n) is 6.49. The Morgan fingerprint density at radius 1 is 1.18 bits per heavy atom. The van der Waals surface area contributed by atoms with Crippen molar-refractivity contribution in [1.29, 1.82) is 0 Å². The molecule has 2 rings (SSSR count). The number of esters is 1. The maximum atomic E-state index is 11.5. The van der Waals surface area contributed by atoms with Crippen molar-refractivity contribution in [3.63, 3.8) is 0 Å². The fourth-order valence-corrected chi connectivity index (χ4v) is 2.44. The molecule has 0 aliphatic carbocycles. The second kappa shape index (κ2) is 10.3. The summed E-state index contributed by atoms with van der Waals surface area (Å²) in [4.78, 5) is 36.8. The van der Waals surface area contributed by atoms with Gasteiger partial charge in [-0.15, -0.1) is 0 Å². The van der Waals surface area contributed by atoms with Gasteiger partial charge in [0.2, 0.25) is 5.91 Å². The number of ether oxygens (including phenoxy) is 2. The monoisotopic (exact) mass is 391 g/mol. The number of hydrogen-bond acceptors (Lipinski definition) is 6. The third-order valence-electron chi connectivity index (χ3n) is 3.93. The zero-order valence-electron chi connectivity index (χ0n) is 15.9. The van der Waals surface area contributed by atoms with E-state index in [-0.39, 0.29) is 25.0 Å². The smallest absolute Gasteiger partial charge is 0.417 e. The van der Waals surface area contributed by atoms with Gasteiger partial charge >= 0.3 is 11.9 Å². The molecule has 0 aliphatic rings. The summed E-state index contributed by atoms with van der Waals surface area (Å²) in [5.41, 5.74) is 0.899. The first-order valence-electron chi connectivity index (χ1n) is 8.99. The Kier molecular flexibility index (Phi) is 7.82. The summed E-state index contributed by atoms with van der Waals surface area (Å²) in [7, 11) is 0. The molecule has 0 fully saturated rings. The van der Waals surface area contributed by atoms with Crippen LogP contribution in [0.3, 0.4) is 0 Å². The van der Waals surface area contributed by atoms with E-state index in [4.69, 9.17) is 14.6 Å². The number of carboxylic acids is 1. The lowest BCUT2D eigenvalue weighted by atomic mass is 10.2. The summed E-state index contributed by atoms with van der Waals surface area (Å²) in [5.74, 6) is -2.57. The molecule has 1 aromatic heterocycles. The summed E-state index contributed by atoms with van der Waals surface area (Å²) in [6.45, 7) is 4.60. The van der Waals surface area contributed by atoms with E-state index in [1.165, 1.54) is 0 Å². The summed E-state index contributed by atoms with van der Waals surface area (Å²) in [6, 6.07) is 7.36. The van der Waals surface area contributed by atoms with Crippen LogP contribution in [-0.2, 0) is 19.1 Å². The van der Waals surface area contributed by atoms with Gasteiger partial charge in [-0.25, -0.2) is 9.59 Å². The molecule has 1 unspecified atom stereocenters. The van der Waals surface area contributed by atoms with Gasteiger partial charge in [-0.1, -0.05) is 19.9 Å². The molecular weight excluding hydrogens is 366 g/mol. The van der Waals surface area contributed by atoms with Crippen LogP contribution in [0.1, 0.15) is 13.8 Å². The van der Waals surface area contributed by atoms with Gasteiger partial charge in [0.1, 0.15) is 18.5 Å². The van der Waals surface area contributed by atoms with Gasteiger partial charge in [0.15, 0.2) is 0 Å². The Morgan fingerprint density at radius 2 is 1.96 bits per heavy atom. The van der Waals surface area contributed by atoms with Crippen molar-refractivity contribution in [2.45, 2.75) is 20.0 Å². The largest absolute Gasteiger partial charge is 0.489 e. The van der Waals surface area contributed by atoms with E-state index < -0.39 is 18.0 Å². The number of carbonyl (C=O) groups is 3. The quantitative estimate of drug-likeness (QED) is 0.269. The summed E-state index contributed by atoms with van der Waals surface area (Å²) >= 11 is 0. The molecule has 1 atom stereocenters. The second-order valence-corrected chi connectivity index (χ2v) is 6.49. The van der Waals surface area contributed by atoms with Gasteiger partial charge in [-0.05, 0) is 18.2 Å². The molecule has 1 aromatic carbocycles. The maximum absolute atomic E-state index is 11.5. The van der Waals surface area contributed by atoms with E-state index in [1.807, 2.05) is 18.2 Å². The minimum atomic E-state index is -1.66. The fourth-order valence-electron chi connectivity index (χ4n) is 2.44. The normalized spacial score (nSPS) is 12.0. The molecule has 0 spiro atoms. The van der Waals surface area contributed by atoms with E-state index in [0.717, 1.165) is 10.9 Å². The van der Waals surface area contributed by atoms with Crippen molar-refractivity contribution in [3.05, 3.63) is 30.5 Å². The van der Waals surface area contributed by atoms with Crippen LogP contribution in [0.15, 0.2) is 30.5 Å². The van der Waals surface area contributed by atoms with E-state index in [1.54, 1.807) is 26.1 Å². The molecule has 4 N–H and O–H groups in total. The molecular formula is C19H25N3O6. The van der Waals surface area contributed by atoms with Crippen molar-refractivity contribution in [1.82, 2.24) is 15.6 Å². The van der Waals surface area contributed by atoms with Crippen LogP contribution in [0.4, 0.5) is 0 Å². The number of nitrogens with one attached hydrogen (secondary N) is 3. The first-order chi connectivity index (χ1) is 13.4. The van der Waals surface area contributed by atoms with Gasteiger partial charge in [-0.2, -0.15) is 0 Å². The third kappa shape index (κ3) is 6.27. The zero-order valence-corrected chi connectivity index (χ0v) is 15.9. The number of aromatic amines is 1. The molecule has 9 heteroatoms. The first kappa shape index (κ1) is 21.2. The molecule has 9 nitrogen and oxygen atoms in total. The molecule has 0 saturated heterocycles. The molecule has 2 aromatic rings. The van der Waals surface area contributed by atoms with Crippen LogP contribution in [0, 0.1) is 5.92 Å². The van der Waals surface area contributed by atoms with E-state index in [9.17, 15) is 14.4 Å². The highest BCUT2D eigenvalue weighted by Gasteiger charge is 2.21. The maximum Gasteiger partial charge on any atom is 0.417 e. The number of aliphatic carboxylic acids is 1. The van der Waals surface area contributed by atoms with Crippen LogP contribution in [0.25, 0.3) is 10.9 Å². The Bertz CT molecular complexity index is 817. The molecule has 0 aliphatic heterocycles. The Hall–Kier alpha value is -3.07. The molecule has 0 saturated carbocycles. The molecule has 152 valence electrons. The number of rotatable bonds is 10.